The Morgan fingerprint density at radius 1 is 1.19 bits per heavy atom. The zero-order chi connectivity index (χ0) is 15.5. The van der Waals surface area contributed by atoms with Crippen molar-refractivity contribution in [3.05, 3.63) is 12.7 Å². The second-order valence-electron chi connectivity index (χ2n) is 7.92. The molecule has 0 radical (unpaired) electrons. The highest BCUT2D eigenvalue weighted by atomic mass is 16.6. The fourth-order valence-corrected chi connectivity index (χ4v) is 6.03. The molecule has 2 N–H and O–H groups in total. The molecule has 4 saturated carbocycles. The van der Waals surface area contributed by atoms with Crippen molar-refractivity contribution in [2.75, 3.05) is 6.61 Å². The molecule has 4 aliphatic rings. The van der Waals surface area contributed by atoms with Crippen LogP contribution in [0.3, 0.4) is 0 Å². The molecule has 5 heteroatoms. The first-order valence-corrected chi connectivity index (χ1v) is 7.40. The molecular formula is C16H22O5. The second-order valence-corrected chi connectivity index (χ2v) is 7.92. The number of carbonyl (C=O) groups is 2. The monoisotopic (exact) mass is 294 g/mol. The summed E-state index contributed by atoms with van der Waals surface area (Å²) in [5.41, 5.74) is -2.29. The van der Waals surface area contributed by atoms with Gasteiger partial charge in [-0.2, -0.15) is 0 Å². The molecule has 0 heterocycles. The molecule has 4 aliphatic carbocycles. The average Bonchev–Trinajstić information content (AvgIpc) is 2.35. The van der Waals surface area contributed by atoms with Gasteiger partial charge in [-0.3, -0.25) is 4.79 Å². The Morgan fingerprint density at radius 2 is 1.90 bits per heavy atom. The lowest BCUT2D eigenvalue weighted by molar-refractivity contribution is -0.250. The van der Waals surface area contributed by atoms with Gasteiger partial charge in [-0.05, 0) is 42.9 Å². The van der Waals surface area contributed by atoms with Gasteiger partial charge in [0.25, 0.3) is 0 Å². The van der Waals surface area contributed by atoms with Gasteiger partial charge in [0.05, 0.1) is 5.41 Å². The number of carboxylic acid groups (broad SMARTS) is 1. The van der Waals surface area contributed by atoms with Gasteiger partial charge in [0.2, 0.25) is 0 Å². The van der Waals surface area contributed by atoms with E-state index in [0.717, 1.165) is 12.5 Å². The fourth-order valence-electron chi connectivity index (χ4n) is 6.03. The van der Waals surface area contributed by atoms with E-state index in [1.165, 1.54) is 0 Å². The van der Waals surface area contributed by atoms with E-state index < -0.39 is 28.4 Å². The second kappa shape index (κ2) is 4.09. The highest BCUT2D eigenvalue weighted by molar-refractivity contribution is 5.82. The van der Waals surface area contributed by atoms with Crippen molar-refractivity contribution < 1.29 is 24.5 Å². The highest BCUT2D eigenvalue weighted by Crippen LogP contribution is 2.71. The van der Waals surface area contributed by atoms with Crippen LogP contribution in [-0.2, 0) is 14.3 Å². The lowest BCUT2D eigenvalue weighted by atomic mass is 9.38. The van der Waals surface area contributed by atoms with Crippen molar-refractivity contribution in [3.8, 4) is 0 Å². The summed E-state index contributed by atoms with van der Waals surface area (Å²) < 4.78 is 5.64. The summed E-state index contributed by atoms with van der Waals surface area (Å²) in [5.74, 6) is -1.33. The molecule has 0 aromatic rings. The van der Waals surface area contributed by atoms with Crippen LogP contribution in [0.5, 0.6) is 0 Å². The van der Waals surface area contributed by atoms with Gasteiger partial charge in [0.15, 0.2) is 0 Å². The first-order chi connectivity index (χ1) is 9.70. The van der Waals surface area contributed by atoms with Crippen molar-refractivity contribution >= 4 is 11.9 Å². The molecule has 0 aromatic carbocycles. The van der Waals surface area contributed by atoms with E-state index in [9.17, 15) is 19.8 Å². The molecule has 4 fully saturated rings. The summed E-state index contributed by atoms with van der Waals surface area (Å²) in [7, 11) is 0. The Morgan fingerprint density at radius 3 is 2.48 bits per heavy atom. The van der Waals surface area contributed by atoms with Gasteiger partial charge >= 0.3 is 11.9 Å². The van der Waals surface area contributed by atoms with Crippen LogP contribution in [0, 0.1) is 16.2 Å². The molecule has 5 nitrogen and oxygen atoms in total. The topological polar surface area (TPSA) is 83.8 Å². The minimum Gasteiger partial charge on any atom is -0.481 e. The van der Waals surface area contributed by atoms with E-state index in [2.05, 4.69) is 13.5 Å². The molecule has 0 aliphatic heterocycles. The zero-order valence-electron chi connectivity index (χ0n) is 12.4. The van der Waals surface area contributed by atoms with Gasteiger partial charge in [-0.1, -0.05) is 13.5 Å². The number of hydrogen-bond donors (Lipinski definition) is 2. The first-order valence-electron chi connectivity index (χ1n) is 7.40. The summed E-state index contributed by atoms with van der Waals surface area (Å²) in [6.07, 6.45) is 4.60. The Labute approximate surface area is 124 Å². The molecule has 0 amide bonds. The van der Waals surface area contributed by atoms with Crippen LogP contribution >= 0.6 is 0 Å². The van der Waals surface area contributed by atoms with E-state index in [4.69, 9.17) is 4.74 Å². The van der Waals surface area contributed by atoms with E-state index in [1.54, 1.807) is 0 Å². The van der Waals surface area contributed by atoms with Gasteiger partial charge < -0.3 is 14.9 Å². The maximum absolute atomic E-state index is 11.9. The molecule has 4 atom stereocenters. The van der Waals surface area contributed by atoms with Gasteiger partial charge in [0, 0.05) is 19.1 Å². The number of esters is 1. The molecule has 4 rings (SSSR count). The molecule has 0 aromatic heterocycles. The van der Waals surface area contributed by atoms with E-state index >= 15 is 0 Å². The minimum absolute atomic E-state index is 0.0506. The van der Waals surface area contributed by atoms with Crippen LogP contribution in [0.25, 0.3) is 0 Å². The third kappa shape index (κ3) is 2.01. The van der Waals surface area contributed by atoms with Crippen molar-refractivity contribution in [2.45, 2.75) is 51.0 Å². The summed E-state index contributed by atoms with van der Waals surface area (Å²) in [6, 6.07) is 0. The van der Waals surface area contributed by atoms with Crippen LogP contribution in [0.1, 0.15) is 45.4 Å². The maximum Gasteiger partial charge on any atom is 0.330 e. The maximum atomic E-state index is 11.9. The molecule has 0 saturated heterocycles. The van der Waals surface area contributed by atoms with Crippen molar-refractivity contribution in [1.29, 1.82) is 0 Å². The number of aliphatic hydroxyl groups excluding tert-OH is 1. The van der Waals surface area contributed by atoms with E-state index in [1.807, 2.05) is 0 Å². The Hall–Kier alpha value is -1.36. The van der Waals surface area contributed by atoms with E-state index in [-0.39, 0.29) is 12.0 Å². The van der Waals surface area contributed by atoms with Crippen LogP contribution in [0.2, 0.25) is 0 Å². The lowest BCUT2D eigenvalue weighted by Gasteiger charge is -2.67. The largest absolute Gasteiger partial charge is 0.481 e. The first kappa shape index (κ1) is 14.6. The van der Waals surface area contributed by atoms with Crippen molar-refractivity contribution in [1.82, 2.24) is 0 Å². The predicted octanol–water partition coefficient (Wildman–Crippen LogP) is 1.89. The number of aliphatic carboxylic acids is 1. The summed E-state index contributed by atoms with van der Waals surface area (Å²) in [5, 5.41) is 19.7. The van der Waals surface area contributed by atoms with Crippen LogP contribution in [0.15, 0.2) is 12.7 Å². The zero-order valence-corrected chi connectivity index (χ0v) is 12.4. The number of carboxylic acids is 1. The smallest absolute Gasteiger partial charge is 0.330 e. The average molecular weight is 294 g/mol. The van der Waals surface area contributed by atoms with Gasteiger partial charge in [-0.15, -0.1) is 0 Å². The number of ether oxygens (including phenoxy) is 1. The van der Waals surface area contributed by atoms with Crippen molar-refractivity contribution in [3.63, 3.8) is 0 Å². The number of carbonyl (C=O) groups excluding carboxylic acids is 1. The summed E-state index contributed by atoms with van der Waals surface area (Å²) in [4.78, 5) is 23.6. The molecule has 21 heavy (non-hydrogen) atoms. The minimum atomic E-state index is -0.881. The Kier molecular flexibility index (Phi) is 2.84. The SMILES string of the molecule is C=CC(=O)OC12CC3(C)CC(CO)(C1)CC(C(=O)O)(C3)C2. The third-order valence-electron chi connectivity index (χ3n) is 5.66. The molecule has 4 unspecified atom stereocenters. The summed E-state index contributed by atoms with van der Waals surface area (Å²) in [6.45, 7) is 5.43. The van der Waals surface area contributed by atoms with E-state index in [0.29, 0.717) is 32.1 Å². The standard InChI is InChI=1S/C16H22O5/c1-3-11(18)21-16-6-13(2)4-14(8-16,10-17)7-15(5-13,9-16)12(19)20/h3,17H,1,4-10H2,2H3,(H,19,20). The number of hydrogen-bond acceptors (Lipinski definition) is 4. The number of rotatable bonds is 4. The molecular weight excluding hydrogens is 272 g/mol. The third-order valence-corrected chi connectivity index (χ3v) is 5.66. The fraction of sp³-hybridized carbons (Fsp3) is 0.750. The van der Waals surface area contributed by atoms with Crippen LogP contribution in [-0.4, -0.2) is 34.4 Å². The Bertz CT molecular complexity index is 529. The highest BCUT2D eigenvalue weighted by Gasteiger charge is 2.70. The molecule has 0 spiro atoms. The summed E-state index contributed by atoms with van der Waals surface area (Å²) >= 11 is 0. The van der Waals surface area contributed by atoms with Gasteiger partial charge in [0.1, 0.15) is 5.60 Å². The van der Waals surface area contributed by atoms with Crippen molar-refractivity contribution in [2.24, 2.45) is 16.2 Å². The predicted molar refractivity (Wildman–Crippen MR) is 74.4 cm³/mol. The quantitative estimate of drug-likeness (QED) is 0.611. The molecule has 116 valence electrons. The van der Waals surface area contributed by atoms with Crippen LogP contribution < -0.4 is 0 Å². The Balaban J connectivity index is 2.06. The number of aliphatic hydroxyl groups is 1. The normalized spacial score (nSPS) is 47.1. The van der Waals surface area contributed by atoms with Crippen LogP contribution in [0.4, 0.5) is 0 Å². The lowest BCUT2D eigenvalue weighted by Crippen LogP contribution is -2.67. The van der Waals surface area contributed by atoms with Gasteiger partial charge in [-0.25, -0.2) is 4.79 Å². The molecule has 4 bridgehead atoms.